The van der Waals surface area contributed by atoms with Gasteiger partial charge in [0.1, 0.15) is 0 Å². The van der Waals surface area contributed by atoms with E-state index in [-0.39, 0.29) is 18.0 Å². The van der Waals surface area contributed by atoms with E-state index in [1.807, 2.05) is 13.8 Å². The van der Waals surface area contributed by atoms with Crippen molar-refractivity contribution in [3.8, 4) is 0 Å². The fourth-order valence-corrected chi connectivity index (χ4v) is 0.535. The van der Waals surface area contributed by atoms with E-state index in [1.54, 1.807) is 6.92 Å². The fourth-order valence-electron chi connectivity index (χ4n) is 0.535. The molecule has 0 aliphatic heterocycles. The quantitative estimate of drug-likeness (QED) is 0.749. The zero-order valence-corrected chi connectivity index (χ0v) is 11.3. The average Bonchev–Trinajstić information content (AvgIpc) is 1.99. The van der Waals surface area contributed by atoms with E-state index in [1.165, 1.54) is 13.8 Å². The smallest absolute Gasteiger partial charge is 0.302 e. The number of carbonyl (C=O) groups is 3. The van der Waals surface area contributed by atoms with Crippen molar-refractivity contribution < 1.29 is 29.0 Å². The second kappa shape index (κ2) is 14.4. The first-order valence-electron chi connectivity index (χ1n) is 5.13. The summed E-state index contributed by atoms with van der Waals surface area (Å²) in [6, 6.07) is 0. The molecule has 1 N–H and O–H groups in total. The van der Waals surface area contributed by atoms with Crippen LogP contribution in [-0.4, -0.2) is 35.7 Å². The lowest BCUT2D eigenvalue weighted by Gasteiger charge is -2.01. The molecule has 0 aliphatic carbocycles. The van der Waals surface area contributed by atoms with E-state index >= 15 is 0 Å². The summed E-state index contributed by atoms with van der Waals surface area (Å²) in [6.45, 7) is 9.78. The summed E-state index contributed by atoms with van der Waals surface area (Å²) in [5.74, 6) is -1.26. The number of carboxylic acids is 1. The van der Waals surface area contributed by atoms with Crippen LogP contribution in [0.1, 0.15) is 41.5 Å². The molecule has 17 heavy (non-hydrogen) atoms. The third-order valence-corrected chi connectivity index (χ3v) is 0.749. The largest absolute Gasteiger partial charge is 0.481 e. The third-order valence-electron chi connectivity index (χ3n) is 0.749. The van der Waals surface area contributed by atoms with Gasteiger partial charge in [-0.25, -0.2) is 0 Å². The van der Waals surface area contributed by atoms with Crippen molar-refractivity contribution in [2.75, 3.05) is 6.61 Å². The van der Waals surface area contributed by atoms with Crippen molar-refractivity contribution in [3.05, 3.63) is 0 Å². The standard InChI is InChI=1S/C5H10O2.C4H8O2.C2H4O2/c1-4(2)7-5(3)6;1-3-6-4(2)5;1-2(3)4/h4H,1-3H3;3H2,1-2H3;1H3,(H,3,4). The Labute approximate surface area is 102 Å². The Morgan fingerprint density at radius 3 is 1.41 bits per heavy atom. The maximum Gasteiger partial charge on any atom is 0.302 e. The summed E-state index contributed by atoms with van der Waals surface area (Å²) in [5, 5.41) is 7.42. The minimum Gasteiger partial charge on any atom is -0.481 e. The Kier molecular flexibility index (Phi) is 17.6. The summed E-state index contributed by atoms with van der Waals surface area (Å²) >= 11 is 0. The normalized spacial score (nSPS) is 7.94. The fraction of sp³-hybridized carbons (Fsp3) is 0.727. The molecule has 0 atom stereocenters. The van der Waals surface area contributed by atoms with Crippen LogP contribution in [0.5, 0.6) is 0 Å². The van der Waals surface area contributed by atoms with E-state index in [4.69, 9.17) is 9.90 Å². The van der Waals surface area contributed by atoms with Gasteiger partial charge in [-0.15, -0.1) is 0 Å². The van der Waals surface area contributed by atoms with Crippen LogP contribution in [0.4, 0.5) is 0 Å². The Morgan fingerprint density at radius 1 is 1.06 bits per heavy atom. The van der Waals surface area contributed by atoms with Crippen LogP contribution in [0.15, 0.2) is 0 Å². The Hall–Kier alpha value is -1.59. The number of carboxylic acid groups (broad SMARTS) is 1. The van der Waals surface area contributed by atoms with Crippen LogP contribution < -0.4 is 0 Å². The predicted molar refractivity (Wildman–Crippen MR) is 62.5 cm³/mol. The molecular formula is C11H22O6. The van der Waals surface area contributed by atoms with Crippen molar-refractivity contribution in [3.63, 3.8) is 0 Å². The molecule has 6 nitrogen and oxygen atoms in total. The molecule has 102 valence electrons. The van der Waals surface area contributed by atoms with Gasteiger partial charge in [0.15, 0.2) is 0 Å². The van der Waals surface area contributed by atoms with Gasteiger partial charge in [0.25, 0.3) is 5.97 Å². The molecule has 0 heterocycles. The highest BCUT2D eigenvalue weighted by atomic mass is 16.5. The van der Waals surface area contributed by atoms with Crippen molar-refractivity contribution >= 4 is 17.9 Å². The van der Waals surface area contributed by atoms with E-state index in [2.05, 4.69) is 9.47 Å². The lowest BCUT2D eigenvalue weighted by atomic mass is 10.5. The van der Waals surface area contributed by atoms with Gasteiger partial charge in [-0.1, -0.05) is 0 Å². The highest BCUT2D eigenvalue weighted by Gasteiger charge is 1.93. The first-order valence-corrected chi connectivity index (χ1v) is 5.13. The number of hydrogen-bond donors (Lipinski definition) is 1. The highest BCUT2D eigenvalue weighted by Crippen LogP contribution is 1.85. The maximum atomic E-state index is 10.0. The predicted octanol–water partition coefficient (Wildman–Crippen LogP) is 1.62. The van der Waals surface area contributed by atoms with Crippen molar-refractivity contribution in [2.24, 2.45) is 0 Å². The number of hydrogen-bond acceptors (Lipinski definition) is 5. The van der Waals surface area contributed by atoms with Crippen molar-refractivity contribution in [2.45, 2.75) is 47.6 Å². The molecule has 0 amide bonds. The third kappa shape index (κ3) is 75.8. The number of carbonyl (C=O) groups excluding carboxylic acids is 2. The zero-order valence-electron chi connectivity index (χ0n) is 11.3. The maximum absolute atomic E-state index is 10.0. The van der Waals surface area contributed by atoms with E-state index in [9.17, 15) is 9.59 Å². The molecule has 0 bridgehead atoms. The molecule has 0 aromatic rings. The summed E-state index contributed by atoms with van der Waals surface area (Å²) < 4.78 is 9.01. The number of rotatable bonds is 2. The lowest BCUT2D eigenvalue weighted by Crippen LogP contribution is -2.06. The van der Waals surface area contributed by atoms with Gasteiger partial charge in [0, 0.05) is 20.8 Å². The molecule has 0 aromatic carbocycles. The Balaban J connectivity index is -0.000000180. The molecule has 0 radical (unpaired) electrons. The Bertz CT molecular complexity index is 218. The molecule has 6 heteroatoms. The van der Waals surface area contributed by atoms with Crippen LogP contribution in [0.25, 0.3) is 0 Å². The molecule has 0 fully saturated rings. The molecule has 0 rings (SSSR count). The molecular weight excluding hydrogens is 228 g/mol. The second-order valence-corrected chi connectivity index (χ2v) is 3.10. The number of esters is 2. The summed E-state index contributed by atoms with van der Waals surface area (Å²) in [4.78, 5) is 28.9. The monoisotopic (exact) mass is 250 g/mol. The average molecular weight is 250 g/mol. The summed E-state index contributed by atoms with van der Waals surface area (Å²) in [7, 11) is 0. The highest BCUT2D eigenvalue weighted by molar-refractivity contribution is 5.66. The SMILES string of the molecule is CC(=O)O.CC(=O)OC(C)C.CCOC(C)=O. The zero-order chi connectivity index (χ0) is 14.4. The van der Waals surface area contributed by atoms with Crippen LogP contribution in [0.2, 0.25) is 0 Å². The molecule has 0 aromatic heterocycles. The van der Waals surface area contributed by atoms with Gasteiger partial charge in [-0.2, -0.15) is 0 Å². The lowest BCUT2D eigenvalue weighted by molar-refractivity contribution is -0.144. The van der Waals surface area contributed by atoms with Crippen LogP contribution >= 0.6 is 0 Å². The van der Waals surface area contributed by atoms with Gasteiger partial charge < -0.3 is 14.6 Å². The summed E-state index contributed by atoms with van der Waals surface area (Å²) in [5.41, 5.74) is 0. The second-order valence-electron chi connectivity index (χ2n) is 3.10. The molecule has 0 saturated carbocycles. The van der Waals surface area contributed by atoms with Gasteiger partial charge in [0.2, 0.25) is 0 Å². The minimum absolute atomic E-state index is 0.0255. The van der Waals surface area contributed by atoms with Crippen LogP contribution in [0.3, 0.4) is 0 Å². The van der Waals surface area contributed by atoms with Crippen LogP contribution in [0, 0.1) is 0 Å². The molecule has 0 unspecified atom stereocenters. The van der Waals surface area contributed by atoms with Gasteiger partial charge in [-0.05, 0) is 20.8 Å². The van der Waals surface area contributed by atoms with Gasteiger partial charge in [-0.3, -0.25) is 14.4 Å². The first kappa shape index (κ1) is 20.8. The van der Waals surface area contributed by atoms with Gasteiger partial charge >= 0.3 is 11.9 Å². The Morgan fingerprint density at radius 2 is 1.41 bits per heavy atom. The first-order chi connectivity index (χ1) is 7.63. The topological polar surface area (TPSA) is 89.9 Å². The molecule has 0 saturated heterocycles. The van der Waals surface area contributed by atoms with Crippen molar-refractivity contribution in [1.29, 1.82) is 0 Å². The van der Waals surface area contributed by atoms with E-state index in [0.717, 1.165) is 6.92 Å². The number of ether oxygens (including phenoxy) is 2. The van der Waals surface area contributed by atoms with Gasteiger partial charge in [0.05, 0.1) is 12.7 Å². The number of aliphatic carboxylic acids is 1. The van der Waals surface area contributed by atoms with E-state index in [0.29, 0.717) is 6.61 Å². The summed E-state index contributed by atoms with van der Waals surface area (Å²) in [6.07, 6.45) is 0.0255. The minimum atomic E-state index is -0.833. The van der Waals surface area contributed by atoms with E-state index < -0.39 is 5.97 Å². The van der Waals surface area contributed by atoms with Crippen molar-refractivity contribution in [1.82, 2.24) is 0 Å². The molecule has 0 aliphatic rings. The molecule has 0 spiro atoms. The van der Waals surface area contributed by atoms with Crippen LogP contribution in [-0.2, 0) is 23.9 Å².